The van der Waals surface area contributed by atoms with E-state index in [-0.39, 0.29) is 11.6 Å². The van der Waals surface area contributed by atoms with Crippen LogP contribution in [0.2, 0.25) is 0 Å². The van der Waals surface area contributed by atoms with Crippen LogP contribution in [-0.2, 0) is 4.74 Å². The van der Waals surface area contributed by atoms with Gasteiger partial charge in [-0.1, -0.05) is 5.92 Å². The van der Waals surface area contributed by atoms with E-state index in [9.17, 15) is 10.2 Å². The Labute approximate surface area is 136 Å². The Balaban J connectivity index is 2.18. The minimum absolute atomic E-state index is 0.0321. The van der Waals surface area contributed by atoms with Crippen molar-refractivity contribution < 1.29 is 19.3 Å². The fraction of sp³-hybridized carbons (Fsp3) is 0.500. The number of rotatable bonds is 3. The number of anilines is 2. The van der Waals surface area contributed by atoms with E-state index in [0.717, 1.165) is 0 Å². The summed E-state index contributed by atoms with van der Waals surface area (Å²) in [6.07, 6.45) is 2.29. The summed E-state index contributed by atoms with van der Waals surface area (Å²) in [5, 5.41) is 19.3. The first-order valence-corrected chi connectivity index (χ1v) is 7.12. The molecule has 128 valence electrons. The number of terminal acetylenes is 1. The van der Waals surface area contributed by atoms with E-state index in [1.54, 1.807) is 19.0 Å². The number of hydrogen-bond donors (Lipinski definition) is 3. The molecule has 24 heavy (non-hydrogen) atoms. The molecule has 3 rings (SSSR count). The number of nitrogen functional groups attached to an aromatic ring is 1. The minimum atomic E-state index is -2.56. The Kier molecular flexibility index (Phi) is 3.79. The average Bonchev–Trinajstić information content (AvgIpc) is 3.07. The second-order valence-electron chi connectivity index (χ2n) is 5.69. The van der Waals surface area contributed by atoms with Gasteiger partial charge in [-0.3, -0.25) is 4.57 Å². The number of fused-ring (bicyclic) bond motifs is 1. The van der Waals surface area contributed by atoms with E-state index in [1.807, 2.05) is 5.92 Å². The number of halogens is 1. The molecule has 1 aliphatic heterocycles. The molecule has 2 aromatic rings. The molecule has 1 saturated heterocycles. The highest BCUT2D eigenvalue weighted by Gasteiger charge is 2.57. The number of aromatic nitrogens is 4. The molecule has 2 aromatic heterocycles. The largest absolute Gasteiger partial charge is 0.394 e. The zero-order valence-electron chi connectivity index (χ0n) is 13.1. The van der Waals surface area contributed by atoms with Gasteiger partial charge in [-0.05, 0) is 0 Å². The third-order valence-electron chi connectivity index (χ3n) is 3.94. The summed E-state index contributed by atoms with van der Waals surface area (Å²) < 4.78 is 21.8. The van der Waals surface area contributed by atoms with Gasteiger partial charge in [0.05, 0.1) is 12.9 Å². The van der Waals surface area contributed by atoms with E-state index in [4.69, 9.17) is 16.9 Å². The van der Waals surface area contributed by atoms with Crippen LogP contribution in [0.25, 0.3) is 11.2 Å². The van der Waals surface area contributed by atoms with Crippen molar-refractivity contribution in [1.82, 2.24) is 19.5 Å². The molecule has 1 aliphatic rings. The van der Waals surface area contributed by atoms with Gasteiger partial charge in [0.1, 0.15) is 12.2 Å². The highest BCUT2D eigenvalue weighted by atomic mass is 19.1. The van der Waals surface area contributed by atoms with Crippen molar-refractivity contribution >= 4 is 22.9 Å². The van der Waals surface area contributed by atoms with Crippen LogP contribution < -0.4 is 10.6 Å². The molecular formula is C14H17FN6O3. The summed E-state index contributed by atoms with van der Waals surface area (Å²) in [6, 6.07) is 0. The normalized spacial score (nSPS) is 29.8. The topological polar surface area (TPSA) is 123 Å². The Morgan fingerprint density at radius 2 is 2.25 bits per heavy atom. The van der Waals surface area contributed by atoms with E-state index in [1.165, 1.54) is 10.9 Å². The highest BCUT2D eigenvalue weighted by molar-refractivity contribution is 5.84. The lowest BCUT2D eigenvalue weighted by atomic mass is 9.97. The van der Waals surface area contributed by atoms with Crippen LogP contribution in [0.15, 0.2) is 6.33 Å². The van der Waals surface area contributed by atoms with Crippen LogP contribution in [0.1, 0.15) is 6.23 Å². The minimum Gasteiger partial charge on any atom is -0.394 e. The monoisotopic (exact) mass is 336 g/mol. The van der Waals surface area contributed by atoms with Gasteiger partial charge in [-0.15, -0.1) is 6.42 Å². The Morgan fingerprint density at radius 3 is 2.83 bits per heavy atom. The molecule has 0 amide bonds. The first-order valence-electron chi connectivity index (χ1n) is 7.12. The number of alkyl halides is 1. The van der Waals surface area contributed by atoms with Gasteiger partial charge in [-0.2, -0.15) is 9.97 Å². The molecular weight excluding hydrogens is 319 g/mol. The van der Waals surface area contributed by atoms with Crippen molar-refractivity contribution in [2.45, 2.75) is 24.1 Å². The Bertz CT molecular complexity index is 819. The maximum Gasteiger partial charge on any atom is 0.243 e. The summed E-state index contributed by atoms with van der Waals surface area (Å²) in [4.78, 5) is 14.0. The maximum atomic E-state index is 15.1. The molecule has 4 atom stereocenters. The number of imidazole rings is 1. The van der Waals surface area contributed by atoms with Crippen molar-refractivity contribution in [1.29, 1.82) is 0 Å². The third kappa shape index (κ3) is 2.17. The second kappa shape index (κ2) is 5.55. The van der Waals surface area contributed by atoms with E-state index < -0.39 is 30.7 Å². The first-order chi connectivity index (χ1) is 11.3. The van der Waals surface area contributed by atoms with Gasteiger partial charge in [0.25, 0.3) is 0 Å². The van der Waals surface area contributed by atoms with Gasteiger partial charge in [0, 0.05) is 14.1 Å². The molecule has 9 nitrogen and oxygen atoms in total. The SMILES string of the molecule is C#C[C@@]1(F)[C@H](O)[C@@H](CO)O[C@H]1n1cnc2c(N(C)C)nc(N)nc21. The van der Waals surface area contributed by atoms with Crippen LogP contribution >= 0.6 is 0 Å². The average molecular weight is 336 g/mol. The van der Waals surface area contributed by atoms with Gasteiger partial charge >= 0.3 is 0 Å². The van der Waals surface area contributed by atoms with E-state index >= 15 is 4.39 Å². The lowest BCUT2D eigenvalue weighted by Crippen LogP contribution is -2.42. The molecule has 0 spiro atoms. The summed E-state index contributed by atoms with van der Waals surface area (Å²) >= 11 is 0. The fourth-order valence-electron chi connectivity index (χ4n) is 2.72. The molecule has 1 fully saturated rings. The van der Waals surface area contributed by atoms with Gasteiger partial charge in [0.2, 0.25) is 11.6 Å². The lowest BCUT2D eigenvalue weighted by molar-refractivity contribution is -0.0504. The molecule has 0 unspecified atom stereocenters. The molecule has 0 bridgehead atoms. The van der Waals surface area contributed by atoms with Crippen molar-refractivity contribution in [2.24, 2.45) is 0 Å². The zero-order valence-corrected chi connectivity index (χ0v) is 13.1. The summed E-state index contributed by atoms with van der Waals surface area (Å²) in [6.45, 7) is -0.586. The molecule has 4 N–H and O–H groups in total. The number of ether oxygens (including phenoxy) is 1. The number of aliphatic hydroxyl groups excluding tert-OH is 2. The van der Waals surface area contributed by atoms with Crippen molar-refractivity contribution in [2.75, 3.05) is 31.3 Å². The maximum absolute atomic E-state index is 15.1. The van der Waals surface area contributed by atoms with Crippen LogP contribution in [0.5, 0.6) is 0 Å². The molecule has 0 saturated carbocycles. The Morgan fingerprint density at radius 1 is 1.54 bits per heavy atom. The number of hydrogen-bond acceptors (Lipinski definition) is 8. The number of aliphatic hydroxyl groups is 2. The fourth-order valence-corrected chi connectivity index (χ4v) is 2.72. The predicted molar refractivity (Wildman–Crippen MR) is 83.7 cm³/mol. The van der Waals surface area contributed by atoms with Crippen LogP contribution in [0, 0.1) is 12.3 Å². The standard InChI is InChI=1S/C14H17FN6O3/c1-4-14(15)9(23)7(5-22)24-12(14)21-6-17-8-10(20(2)3)18-13(16)19-11(8)21/h1,6-7,9,12,22-23H,5H2,2-3H3,(H2,16,18,19)/t7-,9-,12-,14-/m1/s1. The van der Waals surface area contributed by atoms with Gasteiger partial charge in [-0.25, -0.2) is 9.37 Å². The van der Waals surface area contributed by atoms with E-state index in [2.05, 4.69) is 15.0 Å². The third-order valence-corrected chi connectivity index (χ3v) is 3.94. The van der Waals surface area contributed by atoms with Crippen molar-refractivity contribution in [3.8, 4) is 12.3 Å². The van der Waals surface area contributed by atoms with Gasteiger partial charge < -0.3 is 25.6 Å². The molecule has 3 heterocycles. The lowest BCUT2D eigenvalue weighted by Gasteiger charge is -2.23. The van der Waals surface area contributed by atoms with Gasteiger partial charge in [0.15, 0.2) is 23.2 Å². The second-order valence-corrected chi connectivity index (χ2v) is 5.69. The zero-order chi connectivity index (χ0) is 17.6. The van der Waals surface area contributed by atoms with Crippen molar-refractivity contribution in [3.63, 3.8) is 0 Å². The van der Waals surface area contributed by atoms with Crippen LogP contribution in [0.3, 0.4) is 0 Å². The quantitative estimate of drug-likeness (QED) is 0.614. The van der Waals surface area contributed by atoms with E-state index in [0.29, 0.717) is 11.3 Å². The Hall–Kier alpha value is -2.48. The molecule has 0 radical (unpaired) electrons. The van der Waals surface area contributed by atoms with Crippen molar-refractivity contribution in [3.05, 3.63) is 6.33 Å². The molecule has 0 aliphatic carbocycles. The number of nitrogens with zero attached hydrogens (tertiary/aromatic N) is 5. The number of nitrogens with two attached hydrogens (primary N) is 1. The molecule has 10 heteroatoms. The first kappa shape index (κ1) is 16.4. The highest BCUT2D eigenvalue weighted by Crippen LogP contribution is 2.42. The summed E-state index contributed by atoms with van der Waals surface area (Å²) in [7, 11) is 3.50. The smallest absolute Gasteiger partial charge is 0.243 e. The summed E-state index contributed by atoms with van der Waals surface area (Å²) in [5.74, 6) is 2.33. The summed E-state index contributed by atoms with van der Waals surface area (Å²) in [5.41, 5.74) is 3.74. The predicted octanol–water partition coefficient (Wildman–Crippen LogP) is -0.933. The van der Waals surface area contributed by atoms with Crippen LogP contribution in [-0.4, -0.2) is 68.3 Å². The van der Waals surface area contributed by atoms with Crippen LogP contribution in [0.4, 0.5) is 16.2 Å². The molecule has 0 aromatic carbocycles.